The highest BCUT2D eigenvalue weighted by Gasteiger charge is 2.34. The summed E-state index contributed by atoms with van der Waals surface area (Å²) in [6.45, 7) is 2.85. The molecule has 2 aromatic carbocycles. The van der Waals surface area contributed by atoms with Crippen LogP contribution >= 0.6 is 0 Å². The first-order valence-corrected chi connectivity index (χ1v) is 9.54. The number of amides is 2. The second-order valence-electron chi connectivity index (χ2n) is 7.58. The fraction of sp³-hybridized carbons (Fsp3) is 0.364. The Bertz CT molecular complexity index is 879. The molecular formula is C22H25N3O2. The predicted molar refractivity (Wildman–Crippen MR) is 105 cm³/mol. The van der Waals surface area contributed by atoms with Crippen LogP contribution in [0.2, 0.25) is 0 Å². The van der Waals surface area contributed by atoms with Crippen LogP contribution < -0.4 is 10.6 Å². The summed E-state index contributed by atoms with van der Waals surface area (Å²) in [5, 5.41) is 0. The molecule has 2 heterocycles. The van der Waals surface area contributed by atoms with Gasteiger partial charge in [-0.2, -0.15) is 0 Å². The number of primary amides is 1. The van der Waals surface area contributed by atoms with E-state index < -0.39 is 6.04 Å². The number of carbonyl (C=O) groups excluding carboxylic acids is 2. The van der Waals surface area contributed by atoms with Gasteiger partial charge in [0.05, 0.1) is 12.6 Å². The van der Waals surface area contributed by atoms with Crippen molar-refractivity contribution >= 4 is 17.5 Å². The average Bonchev–Trinajstić information content (AvgIpc) is 2.67. The number of anilines is 1. The number of carbonyl (C=O) groups is 2. The molecule has 2 atom stereocenters. The van der Waals surface area contributed by atoms with Crippen molar-refractivity contribution in [3.8, 4) is 0 Å². The van der Waals surface area contributed by atoms with Crippen LogP contribution in [-0.2, 0) is 29.0 Å². The molecule has 2 aromatic rings. The van der Waals surface area contributed by atoms with Gasteiger partial charge in [0.25, 0.3) is 0 Å². The molecule has 0 aliphatic carbocycles. The summed E-state index contributed by atoms with van der Waals surface area (Å²) in [6, 6.07) is 15.9. The number of nitrogens with zero attached hydrogens (tertiary/aromatic N) is 2. The molecule has 27 heavy (non-hydrogen) atoms. The zero-order valence-corrected chi connectivity index (χ0v) is 15.6. The van der Waals surface area contributed by atoms with E-state index in [9.17, 15) is 9.59 Å². The summed E-state index contributed by atoms with van der Waals surface area (Å²) in [7, 11) is 0. The molecule has 0 saturated carbocycles. The van der Waals surface area contributed by atoms with Gasteiger partial charge in [-0.1, -0.05) is 42.5 Å². The summed E-state index contributed by atoms with van der Waals surface area (Å²) < 4.78 is 0. The lowest BCUT2D eigenvalue weighted by molar-refractivity contribution is -0.126. The predicted octanol–water partition coefficient (Wildman–Crippen LogP) is 2.27. The lowest BCUT2D eigenvalue weighted by Gasteiger charge is -2.39. The number of aryl methyl sites for hydroxylation is 1. The van der Waals surface area contributed by atoms with Crippen LogP contribution in [-0.4, -0.2) is 35.3 Å². The lowest BCUT2D eigenvalue weighted by atomic mass is 9.93. The molecule has 0 spiro atoms. The fourth-order valence-corrected chi connectivity index (χ4v) is 4.34. The van der Waals surface area contributed by atoms with Crippen molar-refractivity contribution in [3.05, 3.63) is 65.2 Å². The van der Waals surface area contributed by atoms with Crippen molar-refractivity contribution in [1.29, 1.82) is 0 Å². The van der Waals surface area contributed by atoms with E-state index in [1.807, 2.05) is 46.2 Å². The topological polar surface area (TPSA) is 66.6 Å². The van der Waals surface area contributed by atoms with E-state index in [4.69, 9.17) is 5.73 Å². The molecule has 0 fully saturated rings. The van der Waals surface area contributed by atoms with E-state index >= 15 is 0 Å². The average molecular weight is 363 g/mol. The SMILES string of the molecule is C[C@@H]1CCc2ccccc2N1C(=O)CN1Cc2ccccc2C[C@H]1C(N)=O. The Kier molecular flexibility index (Phi) is 4.70. The molecular weight excluding hydrogens is 338 g/mol. The van der Waals surface area contributed by atoms with E-state index in [-0.39, 0.29) is 24.4 Å². The normalized spacial score (nSPS) is 22.0. The second kappa shape index (κ2) is 7.16. The van der Waals surface area contributed by atoms with Gasteiger partial charge in [-0.3, -0.25) is 14.5 Å². The van der Waals surface area contributed by atoms with Crippen molar-refractivity contribution in [2.24, 2.45) is 5.73 Å². The Hall–Kier alpha value is -2.66. The monoisotopic (exact) mass is 363 g/mol. The van der Waals surface area contributed by atoms with E-state index in [1.165, 1.54) is 5.56 Å². The van der Waals surface area contributed by atoms with Crippen LogP contribution in [0.1, 0.15) is 30.0 Å². The number of hydrogen-bond acceptors (Lipinski definition) is 3. The summed E-state index contributed by atoms with van der Waals surface area (Å²) in [5.41, 5.74) is 10.2. The van der Waals surface area contributed by atoms with Crippen molar-refractivity contribution in [2.75, 3.05) is 11.4 Å². The third kappa shape index (κ3) is 3.35. The van der Waals surface area contributed by atoms with Crippen molar-refractivity contribution in [2.45, 2.75) is 44.8 Å². The van der Waals surface area contributed by atoms with E-state index in [0.29, 0.717) is 13.0 Å². The van der Waals surface area contributed by atoms with Gasteiger partial charge in [-0.15, -0.1) is 0 Å². The third-order valence-electron chi connectivity index (χ3n) is 5.80. The first-order valence-electron chi connectivity index (χ1n) is 9.54. The molecule has 5 nitrogen and oxygen atoms in total. The molecule has 0 radical (unpaired) electrons. The maximum atomic E-state index is 13.3. The smallest absolute Gasteiger partial charge is 0.241 e. The quantitative estimate of drug-likeness (QED) is 0.910. The minimum absolute atomic E-state index is 0.0280. The van der Waals surface area contributed by atoms with Crippen molar-refractivity contribution < 1.29 is 9.59 Å². The van der Waals surface area contributed by atoms with Gasteiger partial charge in [0, 0.05) is 18.3 Å². The van der Waals surface area contributed by atoms with Gasteiger partial charge in [-0.05, 0) is 48.9 Å². The summed E-state index contributed by atoms with van der Waals surface area (Å²) in [6.07, 6.45) is 2.50. The number of hydrogen-bond donors (Lipinski definition) is 1. The first-order chi connectivity index (χ1) is 13.0. The Morgan fingerprint density at radius 2 is 1.70 bits per heavy atom. The molecule has 0 aromatic heterocycles. The maximum Gasteiger partial charge on any atom is 0.241 e. The fourth-order valence-electron chi connectivity index (χ4n) is 4.34. The molecule has 2 aliphatic heterocycles. The maximum absolute atomic E-state index is 13.3. The highest BCUT2D eigenvalue weighted by atomic mass is 16.2. The van der Waals surface area contributed by atoms with Crippen LogP contribution in [0.3, 0.4) is 0 Å². The second-order valence-corrected chi connectivity index (χ2v) is 7.58. The minimum Gasteiger partial charge on any atom is -0.368 e. The van der Waals surface area contributed by atoms with Crippen LogP contribution in [0.5, 0.6) is 0 Å². The third-order valence-corrected chi connectivity index (χ3v) is 5.80. The molecule has 2 aliphatic rings. The van der Waals surface area contributed by atoms with Gasteiger partial charge in [0.1, 0.15) is 0 Å². The van der Waals surface area contributed by atoms with Gasteiger partial charge in [0.15, 0.2) is 0 Å². The molecule has 2 N–H and O–H groups in total. The van der Waals surface area contributed by atoms with Gasteiger partial charge >= 0.3 is 0 Å². The van der Waals surface area contributed by atoms with E-state index in [0.717, 1.165) is 29.7 Å². The van der Waals surface area contributed by atoms with Gasteiger partial charge < -0.3 is 10.6 Å². The molecule has 5 heteroatoms. The highest BCUT2D eigenvalue weighted by molar-refractivity contribution is 5.97. The summed E-state index contributed by atoms with van der Waals surface area (Å²) >= 11 is 0. The zero-order valence-electron chi connectivity index (χ0n) is 15.6. The zero-order chi connectivity index (χ0) is 19.0. The van der Waals surface area contributed by atoms with Crippen LogP contribution in [0.25, 0.3) is 0 Å². The molecule has 140 valence electrons. The molecule has 0 unspecified atom stereocenters. The van der Waals surface area contributed by atoms with Gasteiger partial charge in [-0.25, -0.2) is 0 Å². The molecule has 2 amide bonds. The number of benzene rings is 2. The number of nitrogens with two attached hydrogens (primary N) is 1. The Labute approximate surface area is 159 Å². The van der Waals surface area contributed by atoms with E-state index in [1.54, 1.807) is 0 Å². The van der Waals surface area contributed by atoms with E-state index in [2.05, 4.69) is 19.1 Å². The van der Waals surface area contributed by atoms with Gasteiger partial charge in [0.2, 0.25) is 11.8 Å². The first kappa shape index (κ1) is 17.7. The standard InChI is InChI=1S/C22H25N3O2/c1-15-10-11-16-6-4-5-9-19(16)25(15)21(26)14-24-13-18-8-3-2-7-17(18)12-20(24)22(23)27/h2-9,15,20H,10-14H2,1H3,(H2,23,27)/t15-,20+/m1/s1. The number of fused-ring (bicyclic) bond motifs is 2. The molecule has 0 bridgehead atoms. The molecule has 0 saturated heterocycles. The van der Waals surface area contributed by atoms with Crippen molar-refractivity contribution in [3.63, 3.8) is 0 Å². The number of para-hydroxylation sites is 1. The van der Waals surface area contributed by atoms with Crippen LogP contribution in [0, 0.1) is 0 Å². The van der Waals surface area contributed by atoms with Crippen LogP contribution in [0.15, 0.2) is 48.5 Å². The number of rotatable bonds is 3. The summed E-state index contributed by atoms with van der Waals surface area (Å²) in [5.74, 6) is -0.343. The van der Waals surface area contributed by atoms with Crippen molar-refractivity contribution in [1.82, 2.24) is 4.90 Å². The highest BCUT2D eigenvalue weighted by Crippen LogP contribution is 2.31. The largest absolute Gasteiger partial charge is 0.368 e. The Morgan fingerprint density at radius 3 is 2.44 bits per heavy atom. The lowest BCUT2D eigenvalue weighted by Crippen LogP contribution is -2.54. The Balaban J connectivity index is 1.59. The Morgan fingerprint density at radius 1 is 1.04 bits per heavy atom. The van der Waals surface area contributed by atoms with Crippen LogP contribution in [0.4, 0.5) is 5.69 Å². The summed E-state index contributed by atoms with van der Waals surface area (Å²) in [4.78, 5) is 29.1. The molecule has 4 rings (SSSR count). The minimum atomic E-state index is -0.445.